The number of hydrogen-bond donors (Lipinski definition) is 1. The van der Waals surface area contributed by atoms with Crippen LogP contribution in [0, 0.1) is 10.1 Å². The molecule has 27 heavy (non-hydrogen) atoms. The first-order valence-electron chi connectivity index (χ1n) is 9.32. The summed E-state index contributed by atoms with van der Waals surface area (Å²) in [6, 6.07) is 3.59. The summed E-state index contributed by atoms with van der Waals surface area (Å²) in [4.78, 5) is 34.3. The molecular formula is C19H28N2O6. The maximum atomic E-state index is 12.0. The van der Waals surface area contributed by atoms with Crippen LogP contribution in [0.3, 0.4) is 0 Å². The molecule has 0 bridgehead atoms. The van der Waals surface area contributed by atoms with Gasteiger partial charge in [0.25, 0.3) is 5.69 Å². The summed E-state index contributed by atoms with van der Waals surface area (Å²) >= 11 is 0. The number of hydrogen-bond acceptors (Lipinski definition) is 6. The van der Waals surface area contributed by atoms with Crippen LogP contribution in [0.4, 0.5) is 11.4 Å². The fraction of sp³-hybridized carbons (Fsp3) is 0.579. The summed E-state index contributed by atoms with van der Waals surface area (Å²) in [7, 11) is 0. The number of ether oxygens (including phenoxy) is 2. The lowest BCUT2D eigenvalue weighted by Crippen LogP contribution is -2.21. The summed E-state index contributed by atoms with van der Waals surface area (Å²) in [6.07, 6.45) is 6.72. The number of rotatable bonds is 13. The molecule has 1 aromatic carbocycles. The minimum Gasteiger partial charge on any atom is -0.462 e. The normalized spacial score (nSPS) is 10.4. The summed E-state index contributed by atoms with van der Waals surface area (Å²) in [5, 5.41) is 13.4. The lowest BCUT2D eigenvalue weighted by molar-refractivity contribution is -0.384. The van der Waals surface area contributed by atoms with E-state index in [0.717, 1.165) is 25.3 Å². The molecule has 0 saturated heterocycles. The van der Waals surface area contributed by atoms with Crippen LogP contribution in [0.25, 0.3) is 0 Å². The van der Waals surface area contributed by atoms with Crippen LogP contribution in [-0.2, 0) is 14.3 Å². The Kier molecular flexibility index (Phi) is 10.7. The molecule has 1 N–H and O–H groups in total. The number of carbonyl (C=O) groups is 2. The molecule has 0 spiro atoms. The molecular weight excluding hydrogens is 352 g/mol. The van der Waals surface area contributed by atoms with E-state index < -0.39 is 16.8 Å². The van der Waals surface area contributed by atoms with Crippen molar-refractivity contribution in [3.63, 3.8) is 0 Å². The first-order chi connectivity index (χ1) is 13.0. The van der Waals surface area contributed by atoms with Crippen LogP contribution in [0.1, 0.15) is 62.7 Å². The van der Waals surface area contributed by atoms with Gasteiger partial charge in [-0.1, -0.05) is 39.0 Å². The van der Waals surface area contributed by atoms with Gasteiger partial charge in [0, 0.05) is 18.7 Å². The van der Waals surface area contributed by atoms with Crippen molar-refractivity contribution in [1.82, 2.24) is 0 Å². The van der Waals surface area contributed by atoms with Crippen molar-refractivity contribution in [2.45, 2.75) is 52.4 Å². The average molecular weight is 380 g/mol. The quantitative estimate of drug-likeness (QED) is 0.239. The lowest BCUT2D eigenvalue weighted by atomic mass is 10.1. The van der Waals surface area contributed by atoms with Gasteiger partial charge in [0.15, 0.2) is 0 Å². The number of esters is 1. The largest absolute Gasteiger partial charge is 0.462 e. The van der Waals surface area contributed by atoms with Crippen LogP contribution in [0.5, 0.6) is 0 Å². The molecule has 150 valence electrons. The number of amides is 1. The smallest absolute Gasteiger partial charge is 0.340 e. The van der Waals surface area contributed by atoms with Crippen molar-refractivity contribution in [2.75, 3.05) is 25.1 Å². The Balaban J connectivity index is 2.54. The van der Waals surface area contributed by atoms with Gasteiger partial charge in [-0.05, 0) is 19.4 Å². The van der Waals surface area contributed by atoms with Crippen molar-refractivity contribution in [3.8, 4) is 0 Å². The van der Waals surface area contributed by atoms with Crippen LogP contribution in [0.2, 0.25) is 0 Å². The highest BCUT2D eigenvalue weighted by molar-refractivity contribution is 6.02. The molecule has 0 aliphatic rings. The molecule has 8 nitrogen and oxygen atoms in total. The van der Waals surface area contributed by atoms with E-state index in [9.17, 15) is 19.7 Å². The zero-order valence-corrected chi connectivity index (χ0v) is 16.0. The Labute approximate surface area is 159 Å². The first-order valence-corrected chi connectivity index (χ1v) is 9.32. The topological polar surface area (TPSA) is 108 Å². The zero-order valence-electron chi connectivity index (χ0n) is 16.0. The third-order valence-corrected chi connectivity index (χ3v) is 3.86. The number of nitrogens with one attached hydrogen (secondary N) is 1. The molecule has 1 amide bonds. The average Bonchev–Trinajstić information content (AvgIpc) is 2.64. The Bertz CT molecular complexity index is 633. The molecule has 0 radical (unpaired) electrons. The molecule has 0 heterocycles. The van der Waals surface area contributed by atoms with Gasteiger partial charge in [-0.3, -0.25) is 14.9 Å². The van der Waals surface area contributed by atoms with E-state index in [0.29, 0.717) is 6.61 Å². The molecule has 0 unspecified atom stereocenters. The number of carbonyl (C=O) groups excluding carboxylic acids is 2. The van der Waals surface area contributed by atoms with Gasteiger partial charge in [-0.25, -0.2) is 4.79 Å². The SMILES string of the molecule is CCCCCCCCOCC(=O)Nc1cc([N+](=O)[O-])ccc1C(=O)OCC. The number of nitro groups is 1. The molecule has 0 fully saturated rings. The minimum atomic E-state index is -0.657. The van der Waals surface area contributed by atoms with E-state index in [-0.39, 0.29) is 30.2 Å². The number of benzene rings is 1. The van der Waals surface area contributed by atoms with Gasteiger partial charge >= 0.3 is 5.97 Å². The highest BCUT2D eigenvalue weighted by atomic mass is 16.6. The molecule has 0 saturated carbocycles. The van der Waals surface area contributed by atoms with E-state index in [1.54, 1.807) is 6.92 Å². The Morgan fingerprint density at radius 3 is 2.48 bits per heavy atom. The van der Waals surface area contributed by atoms with E-state index in [4.69, 9.17) is 9.47 Å². The Hall–Kier alpha value is -2.48. The zero-order chi connectivity index (χ0) is 20.1. The molecule has 1 rings (SSSR count). The van der Waals surface area contributed by atoms with Gasteiger partial charge < -0.3 is 14.8 Å². The number of nitro benzene ring substituents is 1. The van der Waals surface area contributed by atoms with Crippen molar-refractivity contribution in [3.05, 3.63) is 33.9 Å². The fourth-order valence-corrected chi connectivity index (χ4v) is 2.47. The van der Waals surface area contributed by atoms with Gasteiger partial charge in [-0.15, -0.1) is 0 Å². The number of nitrogens with zero attached hydrogens (tertiary/aromatic N) is 1. The Morgan fingerprint density at radius 2 is 1.81 bits per heavy atom. The van der Waals surface area contributed by atoms with Crippen molar-refractivity contribution in [1.29, 1.82) is 0 Å². The van der Waals surface area contributed by atoms with Crippen LogP contribution in [-0.4, -0.2) is 36.6 Å². The summed E-state index contributed by atoms with van der Waals surface area (Å²) in [5.41, 5.74) is -0.131. The summed E-state index contributed by atoms with van der Waals surface area (Å²) < 4.78 is 10.3. The monoisotopic (exact) mass is 380 g/mol. The Morgan fingerprint density at radius 1 is 1.11 bits per heavy atom. The van der Waals surface area contributed by atoms with Gasteiger partial charge in [-0.2, -0.15) is 0 Å². The number of non-ortho nitro benzene ring substituents is 1. The summed E-state index contributed by atoms with van der Waals surface area (Å²) in [5.74, 6) is -1.14. The van der Waals surface area contributed by atoms with Crippen LogP contribution < -0.4 is 5.32 Å². The highest BCUT2D eigenvalue weighted by Crippen LogP contribution is 2.23. The lowest BCUT2D eigenvalue weighted by Gasteiger charge is -2.11. The summed E-state index contributed by atoms with van der Waals surface area (Å²) in [6.45, 7) is 4.26. The van der Waals surface area contributed by atoms with Gasteiger partial charge in [0.05, 0.1) is 22.8 Å². The van der Waals surface area contributed by atoms with E-state index >= 15 is 0 Å². The van der Waals surface area contributed by atoms with E-state index in [1.807, 2.05) is 0 Å². The second-order valence-electron chi connectivity index (χ2n) is 6.08. The van der Waals surface area contributed by atoms with Crippen LogP contribution in [0.15, 0.2) is 18.2 Å². The molecule has 0 aliphatic heterocycles. The number of unbranched alkanes of at least 4 members (excludes halogenated alkanes) is 5. The molecule has 0 aliphatic carbocycles. The second-order valence-corrected chi connectivity index (χ2v) is 6.08. The maximum Gasteiger partial charge on any atom is 0.340 e. The third-order valence-electron chi connectivity index (χ3n) is 3.86. The molecule has 0 atom stereocenters. The predicted octanol–water partition coefficient (Wildman–Crippen LogP) is 4.09. The van der Waals surface area contributed by atoms with Gasteiger partial charge in [0.2, 0.25) is 5.91 Å². The maximum absolute atomic E-state index is 12.0. The third kappa shape index (κ3) is 8.63. The first kappa shape index (κ1) is 22.6. The standard InChI is InChI=1S/C19H28N2O6/c1-3-5-6-7-8-9-12-26-14-18(22)20-17-13-15(21(24)25)10-11-16(17)19(23)27-4-2/h10-11,13H,3-9,12,14H2,1-2H3,(H,20,22). The predicted molar refractivity (Wildman–Crippen MR) is 102 cm³/mol. The van der Waals surface area contributed by atoms with Crippen molar-refractivity contribution < 1.29 is 24.0 Å². The van der Waals surface area contributed by atoms with E-state index in [1.165, 1.54) is 31.4 Å². The fourth-order valence-electron chi connectivity index (χ4n) is 2.47. The van der Waals surface area contributed by atoms with Crippen molar-refractivity contribution in [2.24, 2.45) is 0 Å². The van der Waals surface area contributed by atoms with Gasteiger partial charge in [0.1, 0.15) is 6.61 Å². The minimum absolute atomic E-state index is 0.0378. The van der Waals surface area contributed by atoms with Crippen LogP contribution >= 0.6 is 0 Å². The highest BCUT2D eigenvalue weighted by Gasteiger charge is 2.18. The number of anilines is 1. The molecule has 1 aromatic rings. The van der Waals surface area contributed by atoms with E-state index in [2.05, 4.69) is 12.2 Å². The van der Waals surface area contributed by atoms with Crippen molar-refractivity contribution >= 4 is 23.3 Å². The molecule has 8 heteroatoms. The molecule has 0 aromatic heterocycles. The second kappa shape index (κ2) is 12.8.